The van der Waals surface area contributed by atoms with E-state index in [0.717, 1.165) is 25.3 Å². The largest absolute Gasteiger partial charge is 0.384 e. The predicted octanol–water partition coefficient (Wildman–Crippen LogP) is 3.13. The summed E-state index contributed by atoms with van der Waals surface area (Å²) in [4.78, 5) is 2.05. The monoisotopic (exact) mass is 300 g/mol. The molecule has 0 saturated carbocycles. The summed E-state index contributed by atoms with van der Waals surface area (Å²) in [7, 11) is 0. The van der Waals surface area contributed by atoms with Gasteiger partial charge in [-0.3, -0.25) is 0 Å². The number of morpholine rings is 1. The molecule has 4 heteroatoms. The number of hydrogen-bond acceptors (Lipinski definition) is 3. The van der Waals surface area contributed by atoms with Crippen molar-refractivity contribution in [3.05, 3.63) is 71.3 Å². The van der Waals surface area contributed by atoms with Crippen molar-refractivity contribution in [1.82, 2.24) is 10.2 Å². The quantitative estimate of drug-likeness (QED) is 0.924. The molecule has 1 fully saturated rings. The van der Waals surface area contributed by atoms with Gasteiger partial charge in [0.2, 0.25) is 0 Å². The Morgan fingerprint density at radius 3 is 2.64 bits per heavy atom. The van der Waals surface area contributed by atoms with Crippen molar-refractivity contribution < 1.29 is 9.13 Å². The van der Waals surface area contributed by atoms with E-state index in [1.165, 1.54) is 5.56 Å². The zero-order chi connectivity index (χ0) is 15.2. The van der Waals surface area contributed by atoms with Gasteiger partial charge in [0.1, 0.15) is 5.83 Å². The molecule has 1 aromatic carbocycles. The van der Waals surface area contributed by atoms with Crippen molar-refractivity contribution >= 4 is 0 Å². The number of rotatable bonds is 4. The smallest absolute Gasteiger partial charge is 0.142 e. The highest BCUT2D eigenvalue weighted by Crippen LogP contribution is 2.23. The molecular formula is C18H21FN2O. The van der Waals surface area contributed by atoms with E-state index in [1.807, 2.05) is 35.3 Å². The first-order valence-corrected chi connectivity index (χ1v) is 7.70. The molecule has 1 aromatic rings. The summed E-state index contributed by atoms with van der Waals surface area (Å²) < 4.78 is 19.6. The third-order valence-electron chi connectivity index (χ3n) is 3.90. The summed E-state index contributed by atoms with van der Waals surface area (Å²) in [5, 5.41) is 3.38. The molecule has 22 heavy (non-hydrogen) atoms. The summed E-state index contributed by atoms with van der Waals surface area (Å²) in [6.07, 6.45) is 6.09. The normalized spacial score (nSPS) is 19.0. The van der Waals surface area contributed by atoms with E-state index < -0.39 is 0 Å². The van der Waals surface area contributed by atoms with Gasteiger partial charge < -0.3 is 15.0 Å². The molecule has 1 saturated heterocycles. The Hall–Kier alpha value is -2.07. The zero-order valence-electron chi connectivity index (χ0n) is 12.6. The van der Waals surface area contributed by atoms with Crippen molar-refractivity contribution in [3.63, 3.8) is 0 Å². The molecule has 1 aliphatic heterocycles. The van der Waals surface area contributed by atoms with E-state index in [1.54, 1.807) is 6.08 Å². The maximum atomic E-state index is 14.3. The van der Waals surface area contributed by atoms with Gasteiger partial charge in [-0.05, 0) is 23.8 Å². The number of allylic oxidation sites excluding steroid dienone is 4. The Kier molecular flexibility index (Phi) is 4.91. The molecule has 0 bridgehead atoms. The van der Waals surface area contributed by atoms with Crippen molar-refractivity contribution in [2.45, 2.75) is 13.0 Å². The summed E-state index contributed by atoms with van der Waals surface area (Å²) in [5.74, 6) is -0.144. The fraction of sp³-hybridized carbons (Fsp3) is 0.333. The highest BCUT2D eigenvalue weighted by Gasteiger charge is 2.18. The van der Waals surface area contributed by atoms with Crippen molar-refractivity contribution in [2.75, 3.05) is 26.3 Å². The molecule has 1 N–H and O–H groups in total. The number of ether oxygens (including phenoxy) is 1. The van der Waals surface area contributed by atoms with Gasteiger partial charge >= 0.3 is 0 Å². The fourth-order valence-electron chi connectivity index (χ4n) is 2.63. The molecule has 0 unspecified atom stereocenters. The molecule has 1 heterocycles. The van der Waals surface area contributed by atoms with E-state index in [0.29, 0.717) is 25.3 Å². The number of halogens is 1. The Morgan fingerprint density at radius 2 is 1.86 bits per heavy atom. The van der Waals surface area contributed by atoms with Crippen LogP contribution in [0.25, 0.3) is 0 Å². The van der Waals surface area contributed by atoms with Gasteiger partial charge in [0.15, 0.2) is 0 Å². The third kappa shape index (κ3) is 3.77. The first kappa shape index (κ1) is 14.9. The van der Waals surface area contributed by atoms with Crippen LogP contribution >= 0.6 is 0 Å². The van der Waals surface area contributed by atoms with Gasteiger partial charge in [-0.25, -0.2) is 4.39 Å². The van der Waals surface area contributed by atoms with Crippen molar-refractivity contribution in [3.8, 4) is 0 Å². The topological polar surface area (TPSA) is 24.5 Å². The van der Waals surface area contributed by atoms with Crippen LogP contribution in [-0.2, 0) is 11.3 Å². The van der Waals surface area contributed by atoms with Gasteiger partial charge in [0.25, 0.3) is 0 Å². The van der Waals surface area contributed by atoms with Crippen LogP contribution in [0, 0.1) is 0 Å². The fourth-order valence-corrected chi connectivity index (χ4v) is 2.63. The summed E-state index contributed by atoms with van der Waals surface area (Å²) in [6, 6.07) is 10.2. The van der Waals surface area contributed by atoms with Crippen LogP contribution in [0.2, 0.25) is 0 Å². The number of nitrogens with zero attached hydrogens (tertiary/aromatic N) is 1. The minimum absolute atomic E-state index is 0.144. The maximum Gasteiger partial charge on any atom is 0.142 e. The molecular weight excluding hydrogens is 279 g/mol. The maximum absolute atomic E-state index is 14.3. The Morgan fingerprint density at radius 1 is 1.09 bits per heavy atom. The summed E-state index contributed by atoms with van der Waals surface area (Å²) in [5.41, 5.74) is 2.91. The average Bonchev–Trinajstić information content (AvgIpc) is 2.76. The van der Waals surface area contributed by atoms with E-state index in [2.05, 4.69) is 17.4 Å². The van der Waals surface area contributed by atoms with E-state index in [9.17, 15) is 4.39 Å². The number of hydrogen-bond donors (Lipinski definition) is 1. The second kappa shape index (κ2) is 7.27. The first-order valence-electron chi connectivity index (χ1n) is 7.70. The molecule has 0 radical (unpaired) electrons. The molecule has 3 nitrogen and oxygen atoms in total. The van der Waals surface area contributed by atoms with Crippen LogP contribution in [0.4, 0.5) is 4.39 Å². The standard InChI is InChI=1S/C18H21FN2O/c19-17-8-6-16(20-14-15-4-2-1-3-5-15)7-9-18(17)21-10-12-22-13-11-21/h1-5,7-9,20H,6,10-14H2. The molecule has 3 rings (SSSR count). The lowest BCUT2D eigenvalue weighted by Crippen LogP contribution is -2.35. The first-order chi connectivity index (χ1) is 10.8. The van der Waals surface area contributed by atoms with Crippen LogP contribution < -0.4 is 5.32 Å². The van der Waals surface area contributed by atoms with Crippen LogP contribution in [0.5, 0.6) is 0 Å². The highest BCUT2D eigenvalue weighted by molar-refractivity contribution is 5.34. The molecule has 1 aliphatic carbocycles. The Balaban J connectivity index is 1.66. The molecule has 0 spiro atoms. The third-order valence-corrected chi connectivity index (χ3v) is 3.90. The van der Waals surface area contributed by atoms with Gasteiger partial charge in [-0.1, -0.05) is 30.3 Å². The lowest BCUT2D eigenvalue weighted by molar-refractivity contribution is 0.0535. The average molecular weight is 300 g/mol. The predicted molar refractivity (Wildman–Crippen MR) is 85.6 cm³/mol. The molecule has 116 valence electrons. The SMILES string of the molecule is FC1=CCC(NCc2ccccc2)=CC=C1N1CCOCC1. The van der Waals surface area contributed by atoms with Gasteiger partial charge in [-0.2, -0.15) is 0 Å². The van der Waals surface area contributed by atoms with Crippen LogP contribution in [0.1, 0.15) is 12.0 Å². The van der Waals surface area contributed by atoms with E-state index in [4.69, 9.17) is 4.74 Å². The zero-order valence-corrected chi connectivity index (χ0v) is 12.6. The minimum atomic E-state index is -0.144. The Labute approximate surface area is 130 Å². The molecule has 0 amide bonds. The second-order valence-corrected chi connectivity index (χ2v) is 5.44. The minimum Gasteiger partial charge on any atom is -0.384 e. The summed E-state index contributed by atoms with van der Waals surface area (Å²) in [6.45, 7) is 3.56. The van der Waals surface area contributed by atoms with Crippen LogP contribution in [0.15, 0.2) is 65.8 Å². The number of benzene rings is 1. The van der Waals surface area contributed by atoms with Crippen molar-refractivity contribution in [1.29, 1.82) is 0 Å². The van der Waals surface area contributed by atoms with Crippen molar-refractivity contribution in [2.24, 2.45) is 0 Å². The Bertz CT molecular complexity index is 586. The number of nitrogens with one attached hydrogen (secondary N) is 1. The van der Waals surface area contributed by atoms with E-state index in [-0.39, 0.29) is 5.83 Å². The lowest BCUT2D eigenvalue weighted by Gasteiger charge is -2.30. The highest BCUT2D eigenvalue weighted by atomic mass is 19.1. The van der Waals surface area contributed by atoms with Gasteiger partial charge in [-0.15, -0.1) is 0 Å². The van der Waals surface area contributed by atoms with Gasteiger partial charge in [0, 0.05) is 31.8 Å². The van der Waals surface area contributed by atoms with Crippen LogP contribution in [0.3, 0.4) is 0 Å². The molecule has 2 aliphatic rings. The van der Waals surface area contributed by atoms with Gasteiger partial charge in [0.05, 0.1) is 18.9 Å². The summed E-state index contributed by atoms with van der Waals surface area (Å²) >= 11 is 0. The second-order valence-electron chi connectivity index (χ2n) is 5.44. The van der Waals surface area contributed by atoms with Crippen LogP contribution in [-0.4, -0.2) is 31.2 Å². The lowest BCUT2D eigenvalue weighted by atomic mass is 10.2. The molecule has 0 aromatic heterocycles. The van der Waals surface area contributed by atoms with E-state index >= 15 is 0 Å². The molecule has 0 atom stereocenters.